The fourth-order valence-corrected chi connectivity index (χ4v) is 3.50. The SMILES string of the molecule is COc1ccc2c(Oc3cccc(C(=O)NCc4cccc(C(=O)O)c4)c3C)ccnc2c1. The van der Waals surface area contributed by atoms with Gasteiger partial charge in [0.05, 0.1) is 18.2 Å². The van der Waals surface area contributed by atoms with Crippen molar-refractivity contribution in [2.45, 2.75) is 13.5 Å². The van der Waals surface area contributed by atoms with Gasteiger partial charge in [0.1, 0.15) is 17.2 Å². The van der Waals surface area contributed by atoms with Crippen LogP contribution in [0.25, 0.3) is 10.9 Å². The average molecular weight is 442 g/mol. The highest BCUT2D eigenvalue weighted by atomic mass is 16.5. The third kappa shape index (κ3) is 4.77. The molecule has 0 bridgehead atoms. The molecule has 33 heavy (non-hydrogen) atoms. The van der Waals surface area contributed by atoms with Gasteiger partial charge < -0.3 is 19.9 Å². The molecule has 0 saturated heterocycles. The predicted molar refractivity (Wildman–Crippen MR) is 124 cm³/mol. The van der Waals surface area contributed by atoms with Crippen molar-refractivity contribution in [3.63, 3.8) is 0 Å². The Labute approximate surface area is 190 Å². The maximum atomic E-state index is 12.8. The summed E-state index contributed by atoms with van der Waals surface area (Å²) in [4.78, 5) is 28.4. The largest absolute Gasteiger partial charge is 0.497 e. The Morgan fingerprint density at radius 3 is 2.61 bits per heavy atom. The first-order valence-electron chi connectivity index (χ1n) is 10.3. The minimum absolute atomic E-state index is 0.176. The highest BCUT2D eigenvalue weighted by Crippen LogP contribution is 2.33. The molecule has 0 aliphatic carbocycles. The fourth-order valence-electron chi connectivity index (χ4n) is 3.50. The second-order valence-corrected chi connectivity index (χ2v) is 7.41. The lowest BCUT2D eigenvalue weighted by Gasteiger charge is -2.14. The Kier molecular flexibility index (Phi) is 6.22. The van der Waals surface area contributed by atoms with E-state index in [1.807, 2.05) is 25.1 Å². The van der Waals surface area contributed by atoms with Gasteiger partial charge in [0.2, 0.25) is 0 Å². The van der Waals surface area contributed by atoms with Crippen molar-refractivity contribution < 1.29 is 24.2 Å². The molecule has 0 unspecified atom stereocenters. The van der Waals surface area contributed by atoms with Crippen molar-refractivity contribution in [1.29, 1.82) is 0 Å². The molecule has 7 nitrogen and oxygen atoms in total. The summed E-state index contributed by atoms with van der Waals surface area (Å²) in [7, 11) is 1.60. The Hall–Kier alpha value is -4.39. The number of aromatic carboxylic acids is 1. The van der Waals surface area contributed by atoms with Gasteiger partial charge in [-0.3, -0.25) is 9.78 Å². The van der Waals surface area contributed by atoms with Crippen LogP contribution in [0.3, 0.4) is 0 Å². The van der Waals surface area contributed by atoms with Crippen LogP contribution in [0.4, 0.5) is 0 Å². The Bertz CT molecular complexity index is 1350. The topological polar surface area (TPSA) is 97.8 Å². The van der Waals surface area contributed by atoms with Gasteiger partial charge in [-0.15, -0.1) is 0 Å². The quantitative estimate of drug-likeness (QED) is 0.419. The number of carboxylic acids is 1. The van der Waals surface area contributed by atoms with Crippen molar-refractivity contribution in [2.75, 3.05) is 7.11 Å². The molecule has 0 spiro atoms. The lowest BCUT2D eigenvalue weighted by Crippen LogP contribution is -2.23. The van der Waals surface area contributed by atoms with Gasteiger partial charge in [0, 0.05) is 35.3 Å². The molecule has 7 heteroatoms. The molecule has 166 valence electrons. The first-order chi connectivity index (χ1) is 16.0. The van der Waals surface area contributed by atoms with Crippen molar-refractivity contribution in [2.24, 2.45) is 0 Å². The number of nitrogens with zero attached hydrogens (tertiary/aromatic N) is 1. The normalized spacial score (nSPS) is 10.6. The second-order valence-electron chi connectivity index (χ2n) is 7.41. The van der Waals surface area contributed by atoms with E-state index < -0.39 is 5.97 Å². The van der Waals surface area contributed by atoms with Gasteiger partial charge in [-0.1, -0.05) is 18.2 Å². The molecular formula is C26H22N2O5. The number of hydrogen-bond acceptors (Lipinski definition) is 5. The summed E-state index contributed by atoms with van der Waals surface area (Å²) < 4.78 is 11.4. The third-order valence-electron chi connectivity index (χ3n) is 5.29. The summed E-state index contributed by atoms with van der Waals surface area (Å²) in [6.07, 6.45) is 1.66. The summed E-state index contributed by atoms with van der Waals surface area (Å²) in [6.45, 7) is 2.03. The number of aromatic nitrogens is 1. The van der Waals surface area contributed by atoms with Crippen molar-refractivity contribution in [1.82, 2.24) is 10.3 Å². The Morgan fingerprint density at radius 2 is 1.82 bits per heavy atom. The number of carbonyl (C=O) groups excluding carboxylic acids is 1. The smallest absolute Gasteiger partial charge is 0.335 e. The zero-order valence-corrected chi connectivity index (χ0v) is 18.2. The van der Waals surface area contributed by atoms with Crippen LogP contribution in [0.1, 0.15) is 31.8 Å². The molecule has 1 amide bonds. The van der Waals surface area contributed by atoms with Crippen LogP contribution < -0.4 is 14.8 Å². The monoisotopic (exact) mass is 442 g/mol. The van der Waals surface area contributed by atoms with E-state index in [9.17, 15) is 9.59 Å². The summed E-state index contributed by atoms with van der Waals surface area (Å²) in [6, 6.07) is 19.1. The van der Waals surface area contributed by atoms with E-state index in [4.69, 9.17) is 14.6 Å². The molecule has 4 rings (SSSR count). The van der Waals surface area contributed by atoms with Gasteiger partial charge in [-0.2, -0.15) is 0 Å². The second kappa shape index (κ2) is 9.40. The number of pyridine rings is 1. The predicted octanol–water partition coefficient (Wildman–Crippen LogP) is 4.97. The number of hydrogen-bond donors (Lipinski definition) is 2. The van der Waals surface area contributed by atoms with Gasteiger partial charge in [-0.05, 0) is 55.0 Å². The number of benzene rings is 3. The minimum atomic E-state index is -1.01. The van der Waals surface area contributed by atoms with Crippen LogP contribution in [0.5, 0.6) is 17.2 Å². The van der Waals surface area contributed by atoms with Crippen LogP contribution >= 0.6 is 0 Å². The first-order valence-corrected chi connectivity index (χ1v) is 10.3. The highest BCUT2D eigenvalue weighted by Gasteiger charge is 2.14. The number of fused-ring (bicyclic) bond motifs is 1. The van der Waals surface area contributed by atoms with Gasteiger partial charge >= 0.3 is 5.97 Å². The van der Waals surface area contributed by atoms with E-state index >= 15 is 0 Å². The standard InChI is InChI=1S/C26H22N2O5/c1-16-20(25(29)28-15-17-5-3-6-18(13-17)26(30)31)7-4-8-23(16)33-24-11-12-27-22-14-19(32-2)9-10-21(22)24/h3-14H,15H2,1-2H3,(H,28,29)(H,30,31). The first kappa shape index (κ1) is 21.8. The number of ether oxygens (including phenoxy) is 2. The summed E-state index contributed by atoms with van der Waals surface area (Å²) in [5.41, 5.74) is 2.78. The van der Waals surface area contributed by atoms with Crippen LogP contribution in [-0.4, -0.2) is 29.1 Å². The number of carbonyl (C=O) groups is 2. The van der Waals surface area contributed by atoms with E-state index in [0.717, 1.165) is 10.9 Å². The zero-order valence-electron chi connectivity index (χ0n) is 18.2. The number of carboxylic acid groups (broad SMARTS) is 1. The van der Waals surface area contributed by atoms with Crippen molar-refractivity contribution in [3.05, 3.63) is 95.2 Å². The minimum Gasteiger partial charge on any atom is -0.497 e. The van der Waals surface area contributed by atoms with E-state index in [-0.39, 0.29) is 18.0 Å². The summed E-state index contributed by atoms with van der Waals surface area (Å²) in [5, 5.41) is 12.8. The number of methoxy groups -OCH3 is 1. The molecule has 0 radical (unpaired) electrons. The molecule has 1 aromatic heterocycles. The molecule has 1 heterocycles. The fraction of sp³-hybridized carbons (Fsp3) is 0.115. The highest BCUT2D eigenvalue weighted by molar-refractivity contribution is 5.96. The Morgan fingerprint density at radius 1 is 1.00 bits per heavy atom. The van der Waals surface area contributed by atoms with Gasteiger partial charge in [0.15, 0.2) is 0 Å². The van der Waals surface area contributed by atoms with Crippen LogP contribution in [0.15, 0.2) is 72.9 Å². The zero-order chi connectivity index (χ0) is 23.4. The van der Waals surface area contributed by atoms with Crippen LogP contribution in [0, 0.1) is 6.92 Å². The van der Waals surface area contributed by atoms with Gasteiger partial charge in [-0.25, -0.2) is 4.79 Å². The molecule has 4 aromatic rings. The van der Waals surface area contributed by atoms with Crippen LogP contribution in [0.2, 0.25) is 0 Å². The number of amides is 1. The average Bonchev–Trinajstić information content (AvgIpc) is 2.83. The van der Waals surface area contributed by atoms with Crippen molar-refractivity contribution >= 4 is 22.8 Å². The number of rotatable bonds is 7. The molecular weight excluding hydrogens is 420 g/mol. The third-order valence-corrected chi connectivity index (χ3v) is 5.29. The molecule has 0 fully saturated rings. The van der Waals surface area contributed by atoms with Crippen molar-refractivity contribution in [3.8, 4) is 17.2 Å². The maximum absolute atomic E-state index is 12.8. The van der Waals surface area contributed by atoms with Gasteiger partial charge in [0.25, 0.3) is 5.91 Å². The molecule has 2 N–H and O–H groups in total. The lowest BCUT2D eigenvalue weighted by molar-refractivity contribution is 0.0696. The van der Waals surface area contributed by atoms with E-state index in [0.29, 0.717) is 33.9 Å². The molecule has 3 aromatic carbocycles. The summed E-state index contributed by atoms with van der Waals surface area (Å²) in [5.74, 6) is 0.595. The van der Waals surface area contributed by atoms with E-state index in [1.165, 1.54) is 6.07 Å². The molecule has 0 atom stereocenters. The Balaban J connectivity index is 1.54. The maximum Gasteiger partial charge on any atom is 0.335 e. The lowest BCUT2D eigenvalue weighted by atomic mass is 10.1. The molecule has 0 aliphatic heterocycles. The molecule has 0 saturated carbocycles. The van der Waals surface area contributed by atoms with E-state index in [1.54, 1.807) is 55.8 Å². The van der Waals surface area contributed by atoms with E-state index in [2.05, 4.69) is 10.3 Å². The summed E-state index contributed by atoms with van der Waals surface area (Å²) >= 11 is 0. The van der Waals surface area contributed by atoms with Crippen LogP contribution in [-0.2, 0) is 6.54 Å². The number of nitrogens with one attached hydrogen (secondary N) is 1. The molecule has 0 aliphatic rings.